The smallest absolute Gasteiger partial charge is 0.416 e. The second-order valence-corrected chi connectivity index (χ2v) is 6.90. The molecular formula is C18H15IN4O2. The largest absolute Gasteiger partial charge is 0.447 e. The molecule has 0 N–H and O–H groups in total. The predicted octanol–water partition coefficient (Wildman–Crippen LogP) is 3.63. The van der Waals surface area contributed by atoms with Gasteiger partial charge in [-0.3, -0.25) is 0 Å². The summed E-state index contributed by atoms with van der Waals surface area (Å²) in [4.78, 5) is 13.8. The fraction of sp³-hybridized carbons (Fsp3) is 0.167. The summed E-state index contributed by atoms with van der Waals surface area (Å²) in [6.45, 7) is 0.914. The third-order valence-corrected chi connectivity index (χ3v) is 5.17. The Hall–Kier alpha value is -2.42. The van der Waals surface area contributed by atoms with Crippen molar-refractivity contribution in [3.05, 3.63) is 75.5 Å². The Morgan fingerprint density at radius 2 is 1.88 bits per heavy atom. The minimum atomic E-state index is -0.393. The lowest BCUT2D eigenvalue weighted by Crippen LogP contribution is -2.27. The number of halogens is 1. The number of ether oxygens (including phenoxy) is 1. The molecule has 0 saturated carbocycles. The van der Waals surface area contributed by atoms with Gasteiger partial charge in [-0.25, -0.2) is 14.4 Å². The first-order valence-electron chi connectivity index (χ1n) is 7.87. The molecule has 0 aliphatic carbocycles. The number of aromatic nitrogens is 3. The van der Waals surface area contributed by atoms with Crippen LogP contribution in [0.15, 0.2) is 60.8 Å². The molecule has 25 heavy (non-hydrogen) atoms. The van der Waals surface area contributed by atoms with E-state index in [-0.39, 0.29) is 6.04 Å². The SMILES string of the molecule is O=C1OC[C@@H](c2ccccc2)N1c1cn(Cc2ccccc2I)nn1. The molecule has 0 bridgehead atoms. The molecule has 3 aromatic rings. The minimum absolute atomic E-state index is 0.185. The predicted molar refractivity (Wildman–Crippen MR) is 101 cm³/mol. The first kappa shape index (κ1) is 16.1. The van der Waals surface area contributed by atoms with Crippen molar-refractivity contribution in [2.75, 3.05) is 11.5 Å². The fourth-order valence-electron chi connectivity index (χ4n) is 2.87. The molecule has 6 nitrogen and oxygen atoms in total. The molecule has 0 unspecified atom stereocenters. The third kappa shape index (κ3) is 3.23. The second-order valence-electron chi connectivity index (χ2n) is 5.74. The van der Waals surface area contributed by atoms with Crippen molar-refractivity contribution in [3.8, 4) is 0 Å². The van der Waals surface area contributed by atoms with Crippen LogP contribution in [0.2, 0.25) is 0 Å². The Bertz CT molecular complexity index is 897. The zero-order chi connectivity index (χ0) is 17.2. The number of rotatable bonds is 4. The highest BCUT2D eigenvalue weighted by Crippen LogP contribution is 2.31. The average Bonchev–Trinajstić information content (AvgIpc) is 3.24. The third-order valence-electron chi connectivity index (χ3n) is 4.12. The van der Waals surface area contributed by atoms with Gasteiger partial charge in [0.05, 0.1) is 12.7 Å². The van der Waals surface area contributed by atoms with Crippen LogP contribution in [0.5, 0.6) is 0 Å². The number of hydrogen-bond acceptors (Lipinski definition) is 4. The van der Waals surface area contributed by atoms with E-state index in [0.717, 1.165) is 11.1 Å². The fourth-order valence-corrected chi connectivity index (χ4v) is 3.43. The maximum Gasteiger partial charge on any atom is 0.416 e. The van der Waals surface area contributed by atoms with Gasteiger partial charge in [-0.05, 0) is 39.8 Å². The minimum Gasteiger partial charge on any atom is -0.447 e. The van der Waals surface area contributed by atoms with E-state index in [0.29, 0.717) is 19.0 Å². The van der Waals surface area contributed by atoms with E-state index in [2.05, 4.69) is 45.0 Å². The molecule has 0 radical (unpaired) electrons. The maximum atomic E-state index is 12.2. The Morgan fingerprint density at radius 1 is 1.12 bits per heavy atom. The van der Waals surface area contributed by atoms with Gasteiger partial charge >= 0.3 is 6.09 Å². The van der Waals surface area contributed by atoms with Crippen LogP contribution in [0.3, 0.4) is 0 Å². The molecule has 126 valence electrons. The summed E-state index contributed by atoms with van der Waals surface area (Å²) in [5.41, 5.74) is 2.17. The molecule has 1 amide bonds. The normalized spacial score (nSPS) is 16.9. The number of anilines is 1. The highest BCUT2D eigenvalue weighted by Gasteiger charge is 2.37. The molecule has 0 spiro atoms. The van der Waals surface area contributed by atoms with E-state index in [9.17, 15) is 4.79 Å². The lowest BCUT2D eigenvalue weighted by atomic mass is 10.1. The summed E-state index contributed by atoms with van der Waals surface area (Å²) in [5, 5.41) is 8.36. The van der Waals surface area contributed by atoms with Gasteiger partial charge in [0, 0.05) is 3.57 Å². The standard InChI is InChI=1S/C18H15IN4O2/c19-15-9-5-4-8-14(15)10-22-11-17(20-21-22)23-16(12-25-18(23)24)13-6-2-1-3-7-13/h1-9,11,16H,10,12H2/t16-/m0/s1. The highest BCUT2D eigenvalue weighted by molar-refractivity contribution is 14.1. The lowest BCUT2D eigenvalue weighted by Gasteiger charge is -2.18. The van der Waals surface area contributed by atoms with E-state index in [1.54, 1.807) is 15.8 Å². The summed E-state index contributed by atoms with van der Waals surface area (Å²) in [6.07, 6.45) is 1.39. The van der Waals surface area contributed by atoms with Crippen molar-refractivity contribution in [2.24, 2.45) is 0 Å². The van der Waals surface area contributed by atoms with Crippen molar-refractivity contribution >= 4 is 34.5 Å². The van der Waals surface area contributed by atoms with E-state index in [1.165, 1.54) is 3.57 Å². The van der Waals surface area contributed by atoms with E-state index in [1.807, 2.05) is 42.5 Å². The number of carbonyl (C=O) groups excluding carboxylic acids is 1. The van der Waals surface area contributed by atoms with Crippen LogP contribution in [0, 0.1) is 3.57 Å². The van der Waals surface area contributed by atoms with Crippen LogP contribution >= 0.6 is 22.6 Å². The van der Waals surface area contributed by atoms with Gasteiger partial charge in [0.25, 0.3) is 0 Å². The molecule has 7 heteroatoms. The van der Waals surface area contributed by atoms with Crippen LogP contribution in [0.1, 0.15) is 17.2 Å². The van der Waals surface area contributed by atoms with Crippen LogP contribution in [0.25, 0.3) is 0 Å². The van der Waals surface area contributed by atoms with Crippen molar-refractivity contribution in [3.63, 3.8) is 0 Å². The van der Waals surface area contributed by atoms with E-state index >= 15 is 0 Å². The molecule has 2 heterocycles. The summed E-state index contributed by atoms with van der Waals surface area (Å²) in [5.74, 6) is 0.502. The van der Waals surface area contributed by atoms with Crippen molar-refractivity contribution < 1.29 is 9.53 Å². The Morgan fingerprint density at radius 3 is 2.68 bits per heavy atom. The number of hydrogen-bond donors (Lipinski definition) is 0. The molecule has 1 atom stereocenters. The van der Waals surface area contributed by atoms with Crippen LogP contribution in [0.4, 0.5) is 10.6 Å². The van der Waals surface area contributed by atoms with Gasteiger partial charge in [-0.2, -0.15) is 0 Å². The number of nitrogens with zero attached hydrogens (tertiary/aromatic N) is 4. The van der Waals surface area contributed by atoms with Gasteiger partial charge in [-0.1, -0.05) is 53.7 Å². The summed E-state index contributed by atoms with van der Waals surface area (Å²) < 4.78 is 8.15. The monoisotopic (exact) mass is 446 g/mol. The summed E-state index contributed by atoms with van der Waals surface area (Å²) in [7, 11) is 0. The van der Waals surface area contributed by atoms with Crippen LogP contribution < -0.4 is 4.90 Å². The zero-order valence-electron chi connectivity index (χ0n) is 13.2. The summed E-state index contributed by atoms with van der Waals surface area (Å²) >= 11 is 2.30. The van der Waals surface area contributed by atoms with Crippen LogP contribution in [-0.2, 0) is 11.3 Å². The van der Waals surface area contributed by atoms with Gasteiger partial charge in [-0.15, -0.1) is 5.10 Å². The average molecular weight is 446 g/mol. The van der Waals surface area contributed by atoms with Gasteiger partial charge in [0.2, 0.25) is 0 Å². The number of amides is 1. The quantitative estimate of drug-likeness (QED) is 0.575. The lowest BCUT2D eigenvalue weighted by molar-refractivity contribution is 0.179. The highest BCUT2D eigenvalue weighted by atomic mass is 127. The molecule has 2 aromatic carbocycles. The number of cyclic esters (lactones) is 1. The first-order valence-corrected chi connectivity index (χ1v) is 8.95. The summed E-state index contributed by atoms with van der Waals surface area (Å²) in [6, 6.07) is 17.7. The van der Waals surface area contributed by atoms with Gasteiger partial charge < -0.3 is 4.74 Å². The molecular weight excluding hydrogens is 431 g/mol. The zero-order valence-corrected chi connectivity index (χ0v) is 15.4. The molecule has 1 aliphatic heterocycles. The van der Waals surface area contributed by atoms with Crippen LogP contribution in [-0.4, -0.2) is 27.7 Å². The first-order chi connectivity index (χ1) is 12.2. The Labute approximate surface area is 158 Å². The Balaban J connectivity index is 1.60. The number of benzene rings is 2. The van der Waals surface area contributed by atoms with E-state index in [4.69, 9.17) is 4.74 Å². The molecule has 4 rings (SSSR count). The van der Waals surface area contributed by atoms with Crippen molar-refractivity contribution in [2.45, 2.75) is 12.6 Å². The second kappa shape index (κ2) is 6.83. The van der Waals surface area contributed by atoms with E-state index < -0.39 is 6.09 Å². The molecule has 1 aliphatic rings. The van der Waals surface area contributed by atoms with Crippen molar-refractivity contribution in [1.29, 1.82) is 0 Å². The maximum absolute atomic E-state index is 12.2. The molecule has 1 saturated heterocycles. The van der Waals surface area contributed by atoms with Gasteiger partial charge in [0.15, 0.2) is 5.82 Å². The van der Waals surface area contributed by atoms with Gasteiger partial charge in [0.1, 0.15) is 12.6 Å². The van der Waals surface area contributed by atoms with Crippen molar-refractivity contribution in [1.82, 2.24) is 15.0 Å². The topological polar surface area (TPSA) is 60.2 Å². The Kier molecular flexibility index (Phi) is 4.39. The molecule has 1 aromatic heterocycles. The number of carbonyl (C=O) groups is 1. The molecule has 1 fully saturated rings.